The van der Waals surface area contributed by atoms with E-state index in [1.54, 1.807) is 22.9 Å². The van der Waals surface area contributed by atoms with E-state index in [2.05, 4.69) is 32.4 Å². The molecule has 1 aliphatic rings. The molecule has 2 aromatic carbocycles. The number of aryl methyl sites for hydroxylation is 1. The Morgan fingerprint density at radius 2 is 1.78 bits per heavy atom. The summed E-state index contributed by atoms with van der Waals surface area (Å²) in [7, 11) is 0. The fourth-order valence-electron chi connectivity index (χ4n) is 3.66. The van der Waals surface area contributed by atoms with Crippen LogP contribution in [0.1, 0.15) is 34.5 Å². The maximum Gasteiger partial charge on any atom is 0.291 e. The molecule has 4 rings (SSSR count). The molecule has 9 heteroatoms. The van der Waals surface area contributed by atoms with Crippen molar-refractivity contribution in [2.45, 2.75) is 26.4 Å². The fraction of sp³-hybridized carbons (Fsp3) is 0.348. The molecule has 1 amide bonds. The van der Waals surface area contributed by atoms with Gasteiger partial charge in [0.2, 0.25) is 5.82 Å². The zero-order valence-electron chi connectivity index (χ0n) is 17.9. The van der Waals surface area contributed by atoms with Gasteiger partial charge in [-0.05, 0) is 23.3 Å². The first-order valence-corrected chi connectivity index (χ1v) is 11.4. The van der Waals surface area contributed by atoms with Crippen LogP contribution in [-0.4, -0.2) is 51.9 Å². The van der Waals surface area contributed by atoms with E-state index < -0.39 is 0 Å². The lowest BCUT2D eigenvalue weighted by Crippen LogP contribution is -2.35. The summed E-state index contributed by atoms with van der Waals surface area (Å²) in [5.74, 6) is 0.347. The molecule has 1 aliphatic heterocycles. The predicted octanol–water partition coefficient (Wildman–Crippen LogP) is 3.90. The number of nitrogens with zero attached hydrogens (tertiary/aromatic N) is 4. The van der Waals surface area contributed by atoms with Crippen molar-refractivity contribution in [3.05, 3.63) is 75.3 Å². The molecule has 1 saturated heterocycles. The van der Waals surface area contributed by atoms with Crippen LogP contribution < -0.4 is 5.32 Å². The van der Waals surface area contributed by atoms with Gasteiger partial charge in [0.1, 0.15) is 11.5 Å². The van der Waals surface area contributed by atoms with Crippen LogP contribution in [0.15, 0.2) is 42.5 Å². The highest BCUT2D eigenvalue weighted by Crippen LogP contribution is 2.28. The van der Waals surface area contributed by atoms with Crippen LogP contribution in [-0.2, 0) is 24.2 Å². The van der Waals surface area contributed by atoms with Crippen molar-refractivity contribution in [1.29, 1.82) is 0 Å². The Kier molecular flexibility index (Phi) is 7.42. The minimum absolute atomic E-state index is 0.0855. The number of morpholine rings is 1. The van der Waals surface area contributed by atoms with Gasteiger partial charge < -0.3 is 10.1 Å². The van der Waals surface area contributed by atoms with Gasteiger partial charge in [0.05, 0.1) is 23.3 Å². The van der Waals surface area contributed by atoms with E-state index in [0.29, 0.717) is 34.5 Å². The molecule has 1 fully saturated rings. The van der Waals surface area contributed by atoms with E-state index in [4.69, 9.17) is 27.9 Å². The smallest absolute Gasteiger partial charge is 0.291 e. The highest BCUT2D eigenvalue weighted by molar-refractivity contribution is 6.37. The monoisotopic (exact) mass is 473 g/mol. The van der Waals surface area contributed by atoms with Crippen LogP contribution in [0.5, 0.6) is 0 Å². The van der Waals surface area contributed by atoms with Crippen LogP contribution >= 0.6 is 23.2 Å². The summed E-state index contributed by atoms with van der Waals surface area (Å²) in [6.07, 6.45) is 0.575. The summed E-state index contributed by atoms with van der Waals surface area (Å²) in [4.78, 5) is 19.5. The molecular formula is C23H25Cl2N5O2. The maximum atomic E-state index is 12.8. The zero-order valence-corrected chi connectivity index (χ0v) is 19.4. The van der Waals surface area contributed by atoms with Gasteiger partial charge in [-0.1, -0.05) is 60.5 Å². The van der Waals surface area contributed by atoms with Crippen molar-refractivity contribution < 1.29 is 9.53 Å². The van der Waals surface area contributed by atoms with E-state index in [-0.39, 0.29) is 11.7 Å². The quantitative estimate of drug-likeness (QED) is 0.563. The number of ether oxygens (including phenoxy) is 1. The van der Waals surface area contributed by atoms with Crippen molar-refractivity contribution >= 4 is 29.1 Å². The number of aromatic nitrogens is 3. The molecule has 0 bridgehead atoms. The topological polar surface area (TPSA) is 72.3 Å². The SMILES string of the molecule is CCc1nc(C(=O)NCc2cccc(CN3CCOCC3)c2)nn1-c1c(Cl)cccc1Cl. The van der Waals surface area contributed by atoms with Crippen molar-refractivity contribution in [2.75, 3.05) is 26.3 Å². The Morgan fingerprint density at radius 3 is 2.50 bits per heavy atom. The van der Waals surface area contributed by atoms with Gasteiger partial charge in [0, 0.05) is 32.6 Å². The normalized spacial score (nSPS) is 14.5. The Balaban J connectivity index is 1.45. The Morgan fingerprint density at radius 1 is 1.09 bits per heavy atom. The molecule has 1 aromatic heterocycles. The van der Waals surface area contributed by atoms with E-state index in [1.807, 2.05) is 19.1 Å². The average molecular weight is 474 g/mol. The van der Waals surface area contributed by atoms with Gasteiger partial charge in [-0.25, -0.2) is 9.67 Å². The molecule has 32 heavy (non-hydrogen) atoms. The summed E-state index contributed by atoms with van der Waals surface area (Å²) < 4.78 is 6.95. The third-order valence-corrected chi connectivity index (χ3v) is 5.91. The first-order valence-electron chi connectivity index (χ1n) is 10.6. The molecule has 0 atom stereocenters. The van der Waals surface area contributed by atoms with Crippen molar-refractivity contribution in [1.82, 2.24) is 25.0 Å². The lowest BCUT2D eigenvalue weighted by molar-refractivity contribution is 0.0342. The second kappa shape index (κ2) is 10.4. The van der Waals surface area contributed by atoms with Crippen LogP contribution in [0, 0.1) is 0 Å². The second-order valence-electron chi connectivity index (χ2n) is 7.58. The number of carbonyl (C=O) groups excluding carboxylic acids is 1. The molecular weight excluding hydrogens is 449 g/mol. The number of benzene rings is 2. The predicted molar refractivity (Wildman–Crippen MR) is 124 cm³/mol. The van der Waals surface area contributed by atoms with Gasteiger partial charge in [-0.15, -0.1) is 5.10 Å². The summed E-state index contributed by atoms with van der Waals surface area (Å²) in [5, 5.41) is 8.19. The number of nitrogens with one attached hydrogen (secondary N) is 1. The molecule has 0 saturated carbocycles. The Labute approximate surface area is 197 Å². The standard InChI is InChI=1S/C23H25Cl2N5O2/c1-2-20-27-22(28-30(20)21-18(24)7-4-8-19(21)25)23(31)26-14-16-5-3-6-17(13-16)15-29-9-11-32-12-10-29/h3-8,13H,2,9-12,14-15H2,1H3,(H,26,31). The molecule has 168 valence electrons. The highest BCUT2D eigenvalue weighted by Gasteiger charge is 2.19. The van der Waals surface area contributed by atoms with E-state index in [0.717, 1.165) is 38.4 Å². The number of halogens is 2. The first kappa shape index (κ1) is 22.7. The van der Waals surface area contributed by atoms with Crippen LogP contribution in [0.25, 0.3) is 5.69 Å². The maximum absolute atomic E-state index is 12.8. The molecule has 3 aromatic rings. The average Bonchev–Trinajstić information content (AvgIpc) is 3.22. The van der Waals surface area contributed by atoms with E-state index >= 15 is 0 Å². The number of carbonyl (C=O) groups is 1. The third kappa shape index (κ3) is 5.30. The van der Waals surface area contributed by atoms with Crippen LogP contribution in [0.2, 0.25) is 10.0 Å². The molecule has 2 heterocycles. The lowest BCUT2D eigenvalue weighted by Gasteiger charge is -2.26. The number of rotatable bonds is 7. The van der Waals surface area contributed by atoms with E-state index in [1.165, 1.54) is 5.56 Å². The summed E-state index contributed by atoms with van der Waals surface area (Å²) in [5.41, 5.74) is 2.76. The summed E-state index contributed by atoms with van der Waals surface area (Å²) >= 11 is 12.6. The Hall–Kier alpha value is -2.45. The Bertz CT molecular complexity index is 1080. The minimum Gasteiger partial charge on any atom is -0.379 e. The van der Waals surface area contributed by atoms with Crippen LogP contribution in [0.3, 0.4) is 0 Å². The second-order valence-corrected chi connectivity index (χ2v) is 8.39. The summed E-state index contributed by atoms with van der Waals surface area (Å²) in [6.45, 7) is 6.61. The zero-order chi connectivity index (χ0) is 22.5. The summed E-state index contributed by atoms with van der Waals surface area (Å²) in [6, 6.07) is 13.4. The van der Waals surface area contributed by atoms with Gasteiger partial charge >= 0.3 is 0 Å². The van der Waals surface area contributed by atoms with Gasteiger partial charge in [0.15, 0.2) is 0 Å². The molecule has 7 nitrogen and oxygen atoms in total. The highest BCUT2D eigenvalue weighted by atomic mass is 35.5. The number of amides is 1. The number of para-hydroxylation sites is 1. The molecule has 0 aliphatic carbocycles. The number of hydrogen-bond acceptors (Lipinski definition) is 5. The van der Waals surface area contributed by atoms with Gasteiger partial charge in [-0.2, -0.15) is 0 Å². The lowest BCUT2D eigenvalue weighted by atomic mass is 10.1. The molecule has 0 radical (unpaired) electrons. The largest absolute Gasteiger partial charge is 0.379 e. The third-order valence-electron chi connectivity index (χ3n) is 5.30. The number of hydrogen-bond donors (Lipinski definition) is 1. The van der Waals surface area contributed by atoms with E-state index in [9.17, 15) is 4.79 Å². The van der Waals surface area contributed by atoms with Gasteiger partial charge in [-0.3, -0.25) is 9.69 Å². The minimum atomic E-state index is -0.347. The molecule has 0 spiro atoms. The van der Waals surface area contributed by atoms with Crippen molar-refractivity contribution in [3.8, 4) is 5.69 Å². The molecule has 1 N–H and O–H groups in total. The van der Waals surface area contributed by atoms with Crippen molar-refractivity contribution in [2.24, 2.45) is 0 Å². The fourth-order valence-corrected chi connectivity index (χ4v) is 4.21. The first-order chi connectivity index (χ1) is 15.5. The van der Waals surface area contributed by atoms with Crippen LogP contribution in [0.4, 0.5) is 0 Å². The van der Waals surface area contributed by atoms with Gasteiger partial charge in [0.25, 0.3) is 5.91 Å². The molecule has 0 unspecified atom stereocenters. The van der Waals surface area contributed by atoms with Crippen molar-refractivity contribution in [3.63, 3.8) is 0 Å².